The molecular weight excluding hydrogens is 232 g/mol. The normalized spacial score (nSPS) is 11.9. The number of hydrogen-bond acceptors (Lipinski definition) is 2. The van der Waals surface area contributed by atoms with Crippen molar-refractivity contribution in [1.82, 2.24) is 5.32 Å². The van der Waals surface area contributed by atoms with Gasteiger partial charge in [-0.3, -0.25) is 9.59 Å². The molecule has 2 N–H and O–H groups in total. The molecule has 0 aliphatic heterocycles. The van der Waals surface area contributed by atoms with Crippen molar-refractivity contribution < 1.29 is 23.5 Å². The van der Waals surface area contributed by atoms with E-state index in [0.29, 0.717) is 0 Å². The van der Waals surface area contributed by atoms with E-state index in [1.54, 1.807) is 0 Å². The van der Waals surface area contributed by atoms with Crippen LogP contribution in [0, 0.1) is 11.6 Å². The van der Waals surface area contributed by atoms with Gasteiger partial charge in [-0.1, -0.05) is 12.1 Å². The predicted molar refractivity (Wildman–Crippen MR) is 55.3 cm³/mol. The molecule has 0 saturated heterocycles. The molecule has 1 atom stereocenters. The van der Waals surface area contributed by atoms with Crippen LogP contribution in [-0.2, 0) is 16.0 Å². The van der Waals surface area contributed by atoms with Crippen molar-refractivity contribution in [3.63, 3.8) is 0 Å². The lowest BCUT2D eigenvalue weighted by Crippen LogP contribution is -2.39. The van der Waals surface area contributed by atoms with Gasteiger partial charge in [0.05, 0.1) is 6.42 Å². The van der Waals surface area contributed by atoms with E-state index in [4.69, 9.17) is 5.11 Å². The van der Waals surface area contributed by atoms with Crippen LogP contribution >= 0.6 is 0 Å². The van der Waals surface area contributed by atoms with Crippen LogP contribution < -0.4 is 5.32 Å². The minimum absolute atomic E-state index is 0.111. The fourth-order valence-corrected chi connectivity index (χ4v) is 1.21. The van der Waals surface area contributed by atoms with Crippen LogP contribution in [0.1, 0.15) is 12.5 Å². The summed E-state index contributed by atoms with van der Waals surface area (Å²) in [5.41, 5.74) is -0.111. The molecule has 0 aromatic heterocycles. The smallest absolute Gasteiger partial charge is 0.325 e. The molecule has 1 rings (SSSR count). The molecule has 0 saturated carbocycles. The van der Waals surface area contributed by atoms with E-state index in [1.165, 1.54) is 19.1 Å². The molecule has 0 radical (unpaired) electrons. The monoisotopic (exact) mass is 243 g/mol. The van der Waals surface area contributed by atoms with Crippen LogP contribution in [-0.4, -0.2) is 23.0 Å². The van der Waals surface area contributed by atoms with Gasteiger partial charge >= 0.3 is 5.97 Å². The van der Waals surface area contributed by atoms with Crippen molar-refractivity contribution in [2.45, 2.75) is 19.4 Å². The standard InChI is InChI=1S/C11H11F2NO3/c1-6(11(16)17)14-9(15)5-7-3-2-4-8(12)10(7)13/h2-4,6H,5H2,1H3,(H,14,15)(H,16,17)/t6-/m1/s1. The van der Waals surface area contributed by atoms with E-state index < -0.39 is 36.0 Å². The van der Waals surface area contributed by atoms with Crippen molar-refractivity contribution in [2.24, 2.45) is 0 Å². The van der Waals surface area contributed by atoms with Crippen molar-refractivity contribution in [2.75, 3.05) is 0 Å². The third-order valence-corrected chi connectivity index (χ3v) is 2.13. The quantitative estimate of drug-likeness (QED) is 0.832. The van der Waals surface area contributed by atoms with E-state index in [0.717, 1.165) is 6.07 Å². The molecule has 0 heterocycles. The minimum atomic E-state index is -1.20. The van der Waals surface area contributed by atoms with Crippen LogP contribution in [0.5, 0.6) is 0 Å². The van der Waals surface area contributed by atoms with Gasteiger partial charge in [0.1, 0.15) is 6.04 Å². The zero-order chi connectivity index (χ0) is 13.0. The summed E-state index contributed by atoms with van der Waals surface area (Å²) in [6, 6.07) is 2.42. The Hall–Kier alpha value is -1.98. The summed E-state index contributed by atoms with van der Waals surface area (Å²) in [6.07, 6.45) is -0.402. The average molecular weight is 243 g/mol. The second-order valence-electron chi connectivity index (χ2n) is 3.52. The maximum atomic E-state index is 13.2. The summed E-state index contributed by atoms with van der Waals surface area (Å²) in [7, 11) is 0. The predicted octanol–water partition coefficient (Wildman–Crippen LogP) is 1.10. The number of rotatable bonds is 4. The lowest BCUT2D eigenvalue weighted by atomic mass is 10.1. The molecule has 6 heteroatoms. The summed E-state index contributed by atoms with van der Waals surface area (Å²) in [4.78, 5) is 21.8. The Labute approximate surface area is 96.3 Å². The summed E-state index contributed by atoms with van der Waals surface area (Å²) >= 11 is 0. The fourth-order valence-electron chi connectivity index (χ4n) is 1.21. The largest absolute Gasteiger partial charge is 0.480 e. The van der Waals surface area contributed by atoms with E-state index >= 15 is 0 Å². The molecule has 92 valence electrons. The molecule has 0 aliphatic carbocycles. The summed E-state index contributed by atoms with van der Waals surface area (Å²) in [6.45, 7) is 1.28. The molecule has 4 nitrogen and oxygen atoms in total. The Morgan fingerprint density at radius 2 is 2.06 bits per heavy atom. The van der Waals surface area contributed by atoms with E-state index in [2.05, 4.69) is 5.32 Å². The molecule has 17 heavy (non-hydrogen) atoms. The highest BCUT2D eigenvalue weighted by atomic mass is 19.2. The molecule has 0 fully saturated rings. The maximum absolute atomic E-state index is 13.2. The third kappa shape index (κ3) is 3.51. The number of amides is 1. The van der Waals surface area contributed by atoms with Crippen LogP contribution in [0.25, 0.3) is 0 Å². The van der Waals surface area contributed by atoms with Gasteiger partial charge in [-0.25, -0.2) is 8.78 Å². The third-order valence-electron chi connectivity index (χ3n) is 2.13. The van der Waals surface area contributed by atoms with Crippen molar-refractivity contribution in [3.8, 4) is 0 Å². The molecule has 0 unspecified atom stereocenters. The second kappa shape index (κ2) is 5.38. The molecule has 0 spiro atoms. The molecule has 0 bridgehead atoms. The Bertz CT molecular complexity index is 448. The van der Waals surface area contributed by atoms with Gasteiger partial charge in [-0.05, 0) is 13.0 Å². The first-order valence-electron chi connectivity index (χ1n) is 4.87. The van der Waals surface area contributed by atoms with Crippen molar-refractivity contribution in [1.29, 1.82) is 0 Å². The zero-order valence-corrected chi connectivity index (χ0v) is 9.04. The Morgan fingerprint density at radius 3 is 2.65 bits per heavy atom. The number of benzene rings is 1. The number of aliphatic carboxylic acids is 1. The Balaban J connectivity index is 2.69. The van der Waals surface area contributed by atoms with Gasteiger partial charge in [0.2, 0.25) is 5.91 Å². The van der Waals surface area contributed by atoms with Gasteiger partial charge < -0.3 is 10.4 Å². The van der Waals surface area contributed by atoms with Crippen LogP contribution in [0.3, 0.4) is 0 Å². The van der Waals surface area contributed by atoms with E-state index in [-0.39, 0.29) is 5.56 Å². The van der Waals surface area contributed by atoms with E-state index in [1.807, 2.05) is 0 Å². The van der Waals surface area contributed by atoms with Gasteiger partial charge in [-0.2, -0.15) is 0 Å². The number of carbonyl (C=O) groups is 2. The number of carboxylic acids is 1. The fraction of sp³-hybridized carbons (Fsp3) is 0.273. The topological polar surface area (TPSA) is 66.4 Å². The summed E-state index contributed by atoms with van der Waals surface area (Å²) in [5.74, 6) is -4.00. The number of carboxylic acid groups (broad SMARTS) is 1. The molecule has 0 aliphatic rings. The van der Waals surface area contributed by atoms with Gasteiger partial charge in [0.25, 0.3) is 0 Å². The second-order valence-corrected chi connectivity index (χ2v) is 3.52. The molecular formula is C11H11F2NO3. The van der Waals surface area contributed by atoms with Crippen LogP contribution in [0.15, 0.2) is 18.2 Å². The van der Waals surface area contributed by atoms with E-state index in [9.17, 15) is 18.4 Å². The first-order chi connectivity index (χ1) is 7.91. The first kappa shape index (κ1) is 13.1. The number of hydrogen-bond donors (Lipinski definition) is 2. The SMILES string of the molecule is C[C@@H](NC(=O)Cc1cccc(F)c1F)C(=O)O. The van der Waals surface area contributed by atoms with Crippen LogP contribution in [0.4, 0.5) is 8.78 Å². The number of carbonyl (C=O) groups excluding carboxylic acids is 1. The minimum Gasteiger partial charge on any atom is -0.480 e. The lowest BCUT2D eigenvalue weighted by Gasteiger charge is -2.09. The summed E-state index contributed by atoms with van der Waals surface area (Å²) < 4.78 is 26.0. The van der Waals surface area contributed by atoms with Gasteiger partial charge in [0.15, 0.2) is 11.6 Å². The van der Waals surface area contributed by atoms with Crippen molar-refractivity contribution >= 4 is 11.9 Å². The summed E-state index contributed by atoms with van der Waals surface area (Å²) in [5, 5.41) is 10.7. The highest BCUT2D eigenvalue weighted by Gasteiger charge is 2.16. The highest BCUT2D eigenvalue weighted by Crippen LogP contribution is 2.11. The molecule has 1 amide bonds. The number of nitrogens with one attached hydrogen (secondary N) is 1. The van der Waals surface area contributed by atoms with Gasteiger partial charge in [-0.15, -0.1) is 0 Å². The van der Waals surface area contributed by atoms with Gasteiger partial charge in [0, 0.05) is 5.56 Å². The first-order valence-corrected chi connectivity index (χ1v) is 4.87. The Kier molecular flexibility index (Phi) is 4.14. The zero-order valence-electron chi connectivity index (χ0n) is 9.04. The lowest BCUT2D eigenvalue weighted by molar-refractivity contribution is -0.141. The van der Waals surface area contributed by atoms with Crippen LogP contribution in [0.2, 0.25) is 0 Å². The highest BCUT2D eigenvalue weighted by molar-refractivity contribution is 5.84. The van der Waals surface area contributed by atoms with Crippen molar-refractivity contribution in [3.05, 3.63) is 35.4 Å². The maximum Gasteiger partial charge on any atom is 0.325 e. The number of halogens is 2. The molecule has 1 aromatic carbocycles. The Morgan fingerprint density at radius 1 is 1.41 bits per heavy atom. The molecule has 1 aromatic rings. The average Bonchev–Trinajstić information content (AvgIpc) is 2.24.